The lowest BCUT2D eigenvalue weighted by molar-refractivity contribution is -0.147. The van der Waals surface area contributed by atoms with Crippen LogP contribution in [0.3, 0.4) is 0 Å². The van der Waals surface area contributed by atoms with Crippen LogP contribution in [0.2, 0.25) is 0 Å². The zero-order valence-electron chi connectivity index (χ0n) is 17.7. The maximum absolute atomic E-state index is 12.6. The number of nitrogens with zero attached hydrogens (tertiary/aromatic N) is 2. The van der Waals surface area contributed by atoms with Crippen molar-refractivity contribution >= 4 is 33.4 Å². The van der Waals surface area contributed by atoms with Crippen molar-refractivity contribution in [2.45, 2.75) is 32.2 Å². The maximum Gasteiger partial charge on any atom is 0.329 e. The van der Waals surface area contributed by atoms with Crippen molar-refractivity contribution < 1.29 is 32.0 Å². The van der Waals surface area contributed by atoms with E-state index >= 15 is 0 Å². The molecule has 1 aromatic carbocycles. The monoisotopic (exact) mass is 460 g/mol. The second-order valence-electron chi connectivity index (χ2n) is 7.73. The molecule has 32 heavy (non-hydrogen) atoms. The van der Waals surface area contributed by atoms with E-state index in [2.05, 4.69) is 0 Å². The molecule has 1 amide bonds. The molecule has 2 aliphatic heterocycles. The topological polar surface area (TPSA) is 114 Å². The summed E-state index contributed by atoms with van der Waals surface area (Å²) in [6.45, 7) is 1.90. The summed E-state index contributed by atoms with van der Waals surface area (Å²) in [5, 5.41) is 0. The highest BCUT2D eigenvalue weighted by molar-refractivity contribution is 7.92. The highest BCUT2D eigenvalue weighted by Crippen LogP contribution is 2.31. The Bertz CT molecular complexity index is 1140. The fraction of sp³-hybridized carbons (Fsp3) is 0.409. The largest absolute Gasteiger partial charge is 0.459 e. The molecule has 9 nitrogen and oxygen atoms in total. The lowest BCUT2D eigenvalue weighted by atomic mass is 10.1. The van der Waals surface area contributed by atoms with E-state index in [0.29, 0.717) is 43.6 Å². The molecule has 10 heteroatoms. The van der Waals surface area contributed by atoms with Gasteiger partial charge in [0.15, 0.2) is 18.2 Å². The number of fused-ring (bicyclic) bond motifs is 1. The third-order valence-electron chi connectivity index (χ3n) is 5.82. The maximum atomic E-state index is 12.6. The number of ketones is 1. The highest BCUT2D eigenvalue weighted by atomic mass is 32.2. The number of Topliss-reactive ketones (excluding diaryl/α,β-unsaturated/α-hetero) is 1. The SMILES string of the molecule is CCS(=O)(=O)N1CCc2cc(C(=O)COC(=O)[C@@H]3CCCN3C(=O)c3ccco3)ccc21. The Labute approximate surface area is 186 Å². The van der Waals surface area contributed by atoms with Gasteiger partial charge in [-0.2, -0.15) is 0 Å². The number of amides is 1. The van der Waals surface area contributed by atoms with Crippen molar-refractivity contribution in [3.63, 3.8) is 0 Å². The van der Waals surface area contributed by atoms with Gasteiger partial charge in [0.05, 0.1) is 17.7 Å². The molecule has 2 aromatic rings. The van der Waals surface area contributed by atoms with Gasteiger partial charge in [-0.3, -0.25) is 13.9 Å². The Morgan fingerprint density at radius 1 is 1.19 bits per heavy atom. The Kier molecular flexibility index (Phi) is 6.05. The molecule has 2 aliphatic rings. The number of hydrogen-bond donors (Lipinski definition) is 0. The van der Waals surface area contributed by atoms with E-state index in [1.807, 2.05) is 0 Å². The molecular weight excluding hydrogens is 436 g/mol. The zero-order valence-corrected chi connectivity index (χ0v) is 18.5. The van der Waals surface area contributed by atoms with E-state index in [0.717, 1.165) is 5.56 Å². The predicted octanol–water partition coefficient (Wildman–Crippen LogP) is 2.02. The first-order chi connectivity index (χ1) is 15.3. The molecule has 0 bridgehead atoms. The first-order valence-corrected chi connectivity index (χ1v) is 12.1. The second-order valence-corrected chi connectivity index (χ2v) is 9.91. The molecule has 0 N–H and O–H groups in total. The number of hydrogen-bond acceptors (Lipinski definition) is 7. The van der Waals surface area contributed by atoms with Gasteiger partial charge in [0.2, 0.25) is 10.0 Å². The highest BCUT2D eigenvalue weighted by Gasteiger charge is 2.37. The minimum absolute atomic E-state index is 0.00365. The van der Waals surface area contributed by atoms with Crippen molar-refractivity contribution in [2.75, 3.05) is 29.8 Å². The summed E-state index contributed by atoms with van der Waals surface area (Å²) in [5.74, 6) is -1.25. The summed E-state index contributed by atoms with van der Waals surface area (Å²) >= 11 is 0. The van der Waals surface area contributed by atoms with Crippen molar-refractivity contribution in [1.29, 1.82) is 0 Å². The number of benzene rings is 1. The standard InChI is InChI=1S/C22H24N2O7S/c1-2-32(28,29)24-11-9-15-13-16(7-8-17(15)24)19(25)14-31-22(27)18-5-3-10-23(18)21(26)20-6-4-12-30-20/h4,6-8,12-13,18H,2-3,5,9-11,14H2,1H3/t18-/m0/s1. The van der Waals surface area contributed by atoms with E-state index in [1.54, 1.807) is 31.2 Å². The number of ether oxygens (including phenoxy) is 1. The molecule has 3 heterocycles. The third kappa shape index (κ3) is 4.14. The number of anilines is 1. The second kappa shape index (κ2) is 8.78. The van der Waals surface area contributed by atoms with Gasteiger partial charge in [0.1, 0.15) is 6.04 Å². The lowest BCUT2D eigenvalue weighted by Gasteiger charge is -2.22. The Balaban J connectivity index is 1.39. The number of likely N-dealkylation sites (tertiary alicyclic amines) is 1. The molecule has 0 radical (unpaired) electrons. The Morgan fingerprint density at radius 3 is 2.72 bits per heavy atom. The fourth-order valence-electron chi connectivity index (χ4n) is 4.10. The van der Waals surface area contributed by atoms with Crippen LogP contribution in [0.5, 0.6) is 0 Å². The van der Waals surface area contributed by atoms with Crippen molar-refractivity contribution in [1.82, 2.24) is 4.90 Å². The van der Waals surface area contributed by atoms with E-state index in [4.69, 9.17) is 9.15 Å². The summed E-state index contributed by atoms with van der Waals surface area (Å²) in [4.78, 5) is 39.1. The molecular formula is C22H24N2O7S. The van der Waals surface area contributed by atoms with Gasteiger partial charge in [0.25, 0.3) is 5.91 Å². The minimum Gasteiger partial charge on any atom is -0.459 e. The summed E-state index contributed by atoms with van der Waals surface area (Å²) in [6, 6.07) is 7.19. The summed E-state index contributed by atoms with van der Waals surface area (Å²) in [5.41, 5.74) is 1.70. The van der Waals surface area contributed by atoms with Gasteiger partial charge in [-0.05, 0) is 62.1 Å². The number of carbonyl (C=O) groups is 3. The average Bonchev–Trinajstić information content (AvgIpc) is 3.56. The molecule has 0 aliphatic carbocycles. The van der Waals surface area contributed by atoms with E-state index in [-0.39, 0.29) is 23.2 Å². The minimum atomic E-state index is -3.36. The van der Waals surface area contributed by atoms with Crippen molar-refractivity contribution in [3.05, 3.63) is 53.5 Å². The number of sulfonamides is 1. The number of carbonyl (C=O) groups excluding carboxylic acids is 3. The third-order valence-corrected chi connectivity index (χ3v) is 7.60. The van der Waals surface area contributed by atoms with Crippen LogP contribution in [0.15, 0.2) is 41.0 Å². The quantitative estimate of drug-likeness (QED) is 0.459. The number of furan rings is 1. The van der Waals surface area contributed by atoms with Gasteiger partial charge >= 0.3 is 5.97 Å². The normalized spacial score (nSPS) is 18.0. The molecule has 1 saturated heterocycles. The first-order valence-electron chi connectivity index (χ1n) is 10.5. The predicted molar refractivity (Wildman–Crippen MR) is 115 cm³/mol. The van der Waals surface area contributed by atoms with Crippen LogP contribution in [-0.2, 0) is 26.0 Å². The lowest BCUT2D eigenvalue weighted by Crippen LogP contribution is -2.41. The average molecular weight is 461 g/mol. The summed E-state index contributed by atoms with van der Waals surface area (Å²) < 4.78 is 36.1. The van der Waals surface area contributed by atoms with Gasteiger partial charge in [0, 0.05) is 18.7 Å². The molecule has 170 valence electrons. The Morgan fingerprint density at radius 2 is 2.00 bits per heavy atom. The van der Waals surface area contributed by atoms with Gasteiger partial charge in [-0.15, -0.1) is 0 Å². The molecule has 0 spiro atoms. The van der Waals surface area contributed by atoms with Gasteiger partial charge in [-0.25, -0.2) is 13.2 Å². The van der Waals surface area contributed by atoms with Crippen LogP contribution in [0.1, 0.15) is 46.2 Å². The van der Waals surface area contributed by atoms with Crippen molar-refractivity contribution in [3.8, 4) is 0 Å². The van der Waals surface area contributed by atoms with E-state index in [9.17, 15) is 22.8 Å². The zero-order chi connectivity index (χ0) is 22.9. The number of esters is 1. The van der Waals surface area contributed by atoms with E-state index < -0.39 is 28.6 Å². The summed E-state index contributed by atoms with van der Waals surface area (Å²) in [6.07, 6.45) is 3.02. The van der Waals surface area contributed by atoms with Crippen LogP contribution in [0.4, 0.5) is 5.69 Å². The van der Waals surface area contributed by atoms with Crippen LogP contribution in [0, 0.1) is 0 Å². The molecule has 0 saturated carbocycles. The van der Waals surface area contributed by atoms with E-state index in [1.165, 1.54) is 21.5 Å². The van der Waals surface area contributed by atoms with Crippen LogP contribution in [0.25, 0.3) is 0 Å². The van der Waals surface area contributed by atoms with Gasteiger partial charge < -0.3 is 14.1 Å². The van der Waals surface area contributed by atoms with Crippen LogP contribution < -0.4 is 4.31 Å². The van der Waals surface area contributed by atoms with Crippen molar-refractivity contribution in [2.24, 2.45) is 0 Å². The first kappa shape index (κ1) is 22.1. The summed E-state index contributed by atoms with van der Waals surface area (Å²) in [7, 11) is -3.36. The van der Waals surface area contributed by atoms with Crippen LogP contribution >= 0.6 is 0 Å². The molecule has 1 atom stereocenters. The molecule has 0 unspecified atom stereocenters. The number of rotatable bonds is 7. The molecule has 1 aromatic heterocycles. The van der Waals surface area contributed by atoms with Gasteiger partial charge in [-0.1, -0.05) is 0 Å². The Hall–Kier alpha value is -3.14. The fourth-order valence-corrected chi connectivity index (χ4v) is 5.26. The molecule has 1 fully saturated rings. The molecule has 4 rings (SSSR count). The van der Waals surface area contributed by atoms with Crippen LogP contribution in [-0.4, -0.2) is 62.5 Å². The smallest absolute Gasteiger partial charge is 0.329 e.